The number of halogens is 1. The van der Waals surface area contributed by atoms with Gasteiger partial charge in [0.2, 0.25) is 5.82 Å². The Kier molecular flexibility index (Phi) is 4.17. The second-order valence-corrected chi connectivity index (χ2v) is 5.18. The molecule has 0 fully saturated rings. The summed E-state index contributed by atoms with van der Waals surface area (Å²) in [6.45, 7) is 0. The molecule has 0 saturated carbocycles. The van der Waals surface area contributed by atoms with Gasteiger partial charge in [-0.05, 0) is 24.3 Å². The Balaban J connectivity index is 1.83. The number of rotatable bonds is 3. The molecule has 3 N–H and O–H groups in total. The number of aromatic hydroxyl groups is 1. The molecular weight excluding hydrogens is 329 g/mol. The Bertz CT molecular complexity index is 991. The molecule has 0 aliphatic rings. The standard InChI is InChI=1S/C17H12FN3O4/c18-13-8-7-10(9-15(13)21(24)25)19-17(23)20-14-5-1-4-12-11(14)3-2-6-16(12)22/h1-9,22H,(H2,19,20,23). The van der Waals surface area contributed by atoms with Crippen LogP contribution in [-0.2, 0) is 0 Å². The molecule has 0 atom stereocenters. The lowest BCUT2D eigenvalue weighted by molar-refractivity contribution is -0.387. The minimum absolute atomic E-state index is 0.0775. The molecule has 25 heavy (non-hydrogen) atoms. The first kappa shape index (κ1) is 16.2. The van der Waals surface area contributed by atoms with E-state index in [1.54, 1.807) is 30.3 Å². The molecule has 3 rings (SSSR count). The van der Waals surface area contributed by atoms with Crippen LogP contribution in [0, 0.1) is 15.9 Å². The molecule has 0 saturated heterocycles. The first-order chi connectivity index (χ1) is 12.0. The second kappa shape index (κ2) is 6.44. The Hall–Kier alpha value is -3.68. The van der Waals surface area contributed by atoms with E-state index in [0.717, 1.165) is 12.1 Å². The van der Waals surface area contributed by atoms with Crippen LogP contribution in [0.3, 0.4) is 0 Å². The van der Waals surface area contributed by atoms with E-state index in [-0.39, 0.29) is 11.4 Å². The average Bonchev–Trinajstić information content (AvgIpc) is 2.57. The summed E-state index contributed by atoms with van der Waals surface area (Å²) in [4.78, 5) is 22.0. The highest BCUT2D eigenvalue weighted by Gasteiger charge is 2.15. The van der Waals surface area contributed by atoms with Crippen molar-refractivity contribution in [1.29, 1.82) is 0 Å². The zero-order valence-corrected chi connectivity index (χ0v) is 12.7. The molecule has 0 aliphatic heterocycles. The van der Waals surface area contributed by atoms with Crippen LogP contribution < -0.4 is 10.6 Å². The molecule has 3 aromatic carbocycles. The molecule has 0 aromatic heterocycles. The minimum Gasteiger partial charge on any atom is -0.507 e. The third-order valence-electron chi connectivity index (χ3n) is 3.55. The molecule has 0 heterocycles. The fourth-order valence-corrected chi connectivity index (χ4v) is 2.42. The Morgan fingerprint density at radius 1 is 1.04 bits per heavy atom. The molecule has 126 valence electrons. The number of phenols is 1. The lowest BCUT2D eigenvalue weighted by atomic mass is 10.1. The van der Waals surface area contributed by atoms with Gasteiger partial charge in [0, 0.05) is 22.5 Å². The van der Waals surface area contributed by atoms with Gasteiger partial charge in [0.25, 0.3) is 0 Å². The molecule has 0 radical (unpaired) electrons. The highest BCUT2D eigenvalue weighted by molar-refractivity contribution is 6.07. The van der Waals surface area contributed by atoms with Gasteiger partial charge in [0.1, 0.15) is 5.75 Å². The predicted octanol–water partition coefficient (Wildman–Crippen LogP) is 4.24. The fourth-order valence-electron chi connectivity index (χ4n) is 2.42. The van der Waals surface area contributed by atoms with Crippen molar-refractivity contribution in [2.24, 2.45) is 0 Å². The van der Waals surface area contributed by atoms with Crippen LogP contribution in [0.4, 0.5) is 26.2 Å². The predicted molar refractivity (Wildman–Crippen MR) is 91.3 cm³/mol. The fraction of sp³-hybridized carbons (Fsp3) is 0. The van der Waals surface area contributed by atoms with Crippen LogP contribution in [0.15, 0.2) is 54.6 Å². The maximum atomic E-state index is 13.3. The van der Waals surface area contributed by atoms with Gasteiger partial charge in [-0.2, -0.15) is 4.39 Å². The van der Waals surface area contributed by atoms with Crippen molar-refractivity contribution < 1.29 is 19.2 Å². The first-order valence-electron chi connectivity index (χ1n) is 7.18. The average molecular weight is 341 g/mol. The van der Waals surface area contributed by atoms with E-state index in [1.165, 1.54) is 12.1 Å². The monoisotopic (exact) mass is 341 g/mol. The van der Waals surface area contributed by atoms with E-state index in [4.69, 9.17) is 0 Å². The van der Waals surface area contributed by atoms with Crippen molar-refractivity contribution in [3.8, 4) is 5.75 Å². The largest absolute Gasteiger partial charge is 0.507 e. The molecule has 3 aromatic rings. The van der Waals surface area contributed by atoms with E-state index < -0.39 is 22.5 Å². The van der Waals surface area contributed by atoms with Crippen molar-refractivity contribution in [2.45, 2.75) is 0 Å². The van der Waals surface area contributed by atoms with E-state index in [1.807, 2.05) is 0 Å². The Morgan fingerprint density at radius 2 is 1.76 bits per heavy atom. The maximum absolute atomic E-state index is 13.3. The third kappa shape index (κ3) is 3.32. The molecule has 0 unspecified atom stereocenters. The number of nitrogens with zero attached hydrogens (tertiary/aromatic N) is 1. The van der Waals surface area contributed by atoms with E-state index in [2.05, 4.69) is 10.6 Å². The van der Waals surface area contributed by atoms with Crippen LogP contribution in [0.25, 0.3) is 10.8 Å². The van der Waals surface area contributed by atoms with Crippen LogP contribution in [0.1, 0.15) is 0 Å². The zero-order chi connectivity index (χ0) is 18.0. The molecule has 0 aliphatic carbocycles. The van der Waals surface area contributed by atoms with Crippen LogP contribution in [0.2, 0.25) is 0 Å². The zero-order valence-electron chi connectivity index (χ0n) is 12.7. The summed E-state index contributed by atoms with van der Waals surface area (Å²) in [5.74, 6) is -0.906. The second-order valence-electron chi connectivity index (χ2n) is 5.18. The summed E-state index contributed by atoms with van der Waals surface area (Å²) in [6.07, 6.45) is 0. The Morgan fingerprint density at radius 3 is 2.52 bits per heavy atom. The lowest BCUT2D eigenvalue weighted by Crippen LogP contribution is -2.19. The number of hydrogen-bond donors (Lipinski definition) is 3. The summed E-state index contributed by atoms with van der Waals surface area (Å²) < 4.78 is 13.3. The summed E-state index contributed by atoms with van der Waals surface area (Å²) in [7, 11) is 0. The van der Waals surface area contributed by atoms with E-state index in [9.17, 15) is 24.4 Å². The lowest BCUT2D eigenvalue weighted by Gasteiger charge is -2.11. The number of carbonyl (C=O) groups is 1. The van der Waals surface area contributed by atoms with E-state index >= 15 is 0 Å². The van der Waals surface area contributed by atoms with Gasteiger partial charge in [-0.15, -0.1) is 0 Å². The summed E-state index contributed by atoms with van der Waals surface area (Å²) in [5, 5.41) is 26.8. The minimum atomic E-state index is -0.986. The molecule has 2 amide bonds. The number of amides is 2. The number of nitro benzene ring substituents is 1. The van der Waals surface area contributed by atoms with Crippen molar-refractivity contribution in [3.63, 3.8) is 0 Å². The van der Waals surface area contributed by atoms with Gasteiger partial charge in [-0.1, -0.05) is 24.3 Å². The van der Waals surface area contributed by atoms with Gasteiger partial charge in [-0.3, -0.25) is 10.1 Å². The number of phenolic OH excluding ortho intramolecular Hbond substituents is 1. The third-order valence-corrected chi connectivity index (χ3v) is 3.55. The molecule has 0 bridgehead atoms. The number of hydrogen-bond acceptors (Lipinski definition) is 4. The van der Waals surface area contributed by atoms with Crippen molar-refractivity contribution in [3.05, 3.63) is 70.5 Å². The van der Waals surface area contributed by atoms with Gasteiger partial charge >= 0.3 is 11.7 Å². The smallest absolute Gasteiger partial charge is 0.323 e. The number of benzene rings is 3. The Labute approximate surface area is 140 Å². The van der Waals surface area contributed by atoms with E-state index in [0.29, 0.717) is 16.5 Å². The number of anilines is 2. The topological polar surface area (TPSA) is 104 Å². The number of nitrogens with one attached hydrogen (secondary N) is 2. The highest BCUT2D eigenvalue weighted by atomic mass is 19.1. The van der Waals surface area contributed by atoms with Gasteiger partial charge in [-0.25, -0.2) is 4.79 Å². The maximum Gasteiger partial charge on any atom is 0.323 e. The van der Waals surface area contributed by atoms with Crippen LogP contribution >= 0.6 is 0 Å². The SMILES string of the molecule is O=C(Nc1ccc(F)c([N+](=O)[O-])c1)Nc1cccc2c(O)cccc12. The summed E-state index contributed by atoms with van der Waals surface area (Å²) in [5.41, 5.74) is -0.205. The van der Waals surface area contributed by atoms with Crippen LogP contribution in [-0.4, -0.2) is 16.1 Å². The van der Waals surface area contributed by atoms with Gasteiger partial charge in [0.15, 0.2) is 0 Å². The summed E-state index contributed by atoms with van der Waals surface area (Å²) in [6, 6.07) is 12.3. The number of nitro groups is 1. The normalized spacial score (nSPS) is 10.4. The number of fused-ring (bicyclic) bond motifs is 1. The van der Waals surface area contributed by atoms with Gasteiger partial charge in [0.05, 0.1) is 10.6 Å². The molecule has 0 spiro atoms. The number of urea groups is 1. The summed E-state index contributed by atoms with van der Waals surface area (Å²) >= 11 is 0. The highest BCUT2D eigenvalue weighted by Crippen LogP contribution is 2.30. The number of carbonyl (C=O) groups excluding carboxylic acids is 1. The van der Waals surface area contributed by atoms with Gasteiger partial charge < -0.3 is 15.7 Å². The van der Waals surface area contributed by atoms with Crippen molar-refractivity contribution >= 4 is 33.9 Å². The van der Waals surface area contributed by atoms with Crippen LogP contribution in [0.5, 0.6) is 5.75 Å². The molecular formula is C17H12FN3O4. The quantitative estimate of drug-likeness (QED) is 0.489. The first-order valence-corrected chi connectivity index (χ1v) is 7.18. The molecule has 8 heteroatoms. The van der Waals surface area contributed by atoms with Crippen molar-refractivity contribution in [1.82, 2.24) is 0 Å². The van der Waals surface area contributed by atoms with Crippen molar-refractivity contribution in [2.75, 3.05) is 10.6 Å². The molecule has 7 nitrogen and oxygen atoms in total.